The summed E-state index contributed by atoms with van der Waals surface area (Å²) < 4.78 is 5.30. The Morgan fingerprint density at radius 3 is 2.35 bits per heavy atom. The molecule has 0 unspecified atom stereocenters. The molecule has 3 rings (SSSR count). The van der Waals surface area contributed by atoms with E-state index in [2.05, 4.69) is 27.7 Å². The third-order valence-corrected chi connectivity index (χ3v) is 5.56. The van der Waals surface area contributed by atoms with E-state index in [1.807, 2.05) is 18.2 Å². The van der Waals surface area contributed by atoms with Crippen LogP contribution >= 0.6 is 0 Å². The molecule has 0 bridgehead atoms. The molecule has 2 fully saturated rings. The van der Waals surface area contributed by atoms with Gasteiger partial charge >= 0.3 is 11.8 Å². The molecule has 1 aliphatic carbocycles. The largest absolute Gasteiger partial charge is 0.379 e. The minimum atomic E-state index is -0.542. The number of nitrogens with one attached hydrogen (secondary N) is 2. The van der Waals surface area contributed by atoms with E-state index in [9.17, 15) is 9.59 Å². The summed E-state index contributed by atoms with van der Waals surface area (Å²) in [4.78, 5) is 26.5. The van der Waals surface area contributed by atoms with Gasteiger partial charge in [-0.15, -0.1) is 0 Å². The molecule has 1 aliphatic heterocycles. The summed E-state index contributed by atoms with van der Waals surface area (Å²) in [7, 11) is 0. The van der Waals surface area contributed by atoms with E-state index in [1.54, 1.807) is 0 Å². The molecule has 0 atom stereocenters. The molecule has 1 aromatic rings. The summed E-state index contributed by atoms with van der Waals surface area (Å²) in [5.74, 6) is -1.08. The molecule has 0 radical (unpaired) electrons. The van der Waals surface area contributed by atoms with Crippen molar-refractivity contribution < 1.29 is 14.3 Å². The summed E-state index contributed by atoms with van der Waals surface area (Å²) in [6.07, 6.45) is 4.43. The van der Waals surface area contributed by atoms with E-state index in [-0.39, 0.29) is 5.41 Å². The Labute approximate surface area is 155 Å². The van der Waals surface area contributed by atoms with Crippen molar-refractivity contribution in [1.29, 1.82) is 0 Å². The van der Waals surface area contributed by atoms with Crippen molar-refractivity contribution in [3.63, 3.8) is 0 Å². The highest BCUT2D eigenvalue weighted by Crippen LogP contribution is 2.40. The fourth-order valence-electron chi connectivity index (χ4n) is 3.97. The number of morpholine rings is 1. The van der Waals surface area contributed by atoms with Gasteiger partial charge in [-0.1, -0.05) is 43.2 Å². The average molecular weight is 359 g/mol. The van der Waals surface area contributed by atoms with Gasteiger partial charge in [0.1, 0.15) is 0 Å². The van der Waals surface area contributed by atoms with Crippen LogP contribution in [-0.4, -0.2) is 62.7 Å². The zero-order chi connectivity index (χ0) is 18.2. The number of carbonyl (C=O) groups excluding carboxylic acids is 2. The summed E-state index contributed by atoms with van der Waals surface area (Å²) >= 11 is 0. The van der Waals surface area contributed by atoms with Crippen LogP contribution in [0.4, 0.5) is 0 Å². The quantitative estimate of drug-likeness (QED) is 0.745. The van der Waals surface area contributed by atoms with Gasteiger partial charge in [0.15, 0.2) is 0 Å². The van der Waals surface area contributed by atoms with E-state index in [0.717, 1.165) is 58.5 Å². The summed E-state index contributed by atoms with van der Waals surface area (Å²) in [6.45, 7) is 4.97. The first-order valence-electron chi connectivity index (χ1n) is 9.61. The number of hydrogen-bond acceptors (Lipinski definition) is 4. The van der Waals surface area contributed by atoms with E-state index in [1.165, 1.54) is 5.56 Å². The van der Waals surface area contributed by atoms with Gasteiger partial charge in [0.2, 0.25) is 0 Å². The lowest BCUT2D eigenvalue weighted by atomic mass is 9.79. The van der Waals surface area contributed by atoms with Crippen molar-refractivity contribution >= 4 is 11.8 Å². The topological polar surface area (TPSA) is 70.7 Å². The van der Waals surface area contributed by atoms with Crippen LogP contribution in [0.15, 0.2) is 30.3 Å². The number of ether oxygens (including phenoxy) is 1. The van der Waals surface area contributed by atoms with Gasteiger partial charge in [0.25, 0.3) is 0 Å². The average Bonchev–Trinajstić information content (AvgIpc) is 3.18. The van der Waals surface area contributed by atoms with Gasteiger partial charge in [-0.3, -0.25) is 14.5 Å². The highest BCUT2D eigenvalue weighted by Gasteiger charge is 2.36. The third kappa shape index (κ3) is 4.83. The first-order valence-corrected chi connectivity index (χ1v) is 9.61. The van der Waals surface area contributed by atoms with E-state index < -0.39 is 11.8 Å². The van der Waals surface area contributed by atoms with Gasteiger partial charge in [0, 0.05) is 38.1 Å². The molecule has 1 aromatic carbocycles. The van der Waals surface area contributed by atoms with E-state index >= 15 is 0 Å². The number of amides is 2. The monoisotopic (exact) mass is 359 g/mol. The Kier molecular flexibility index (Phi) is 6.63. The minimum Gasteiger partial charge on any atom is -0.379 e. The predicted octanol–water partition coefficient (Wildman–Crippen LogP) is 1.06. The van der Waals surface area contributed by atoms with Crippen LogP contribution in [0.2, 0.25) is 0 Å². The Bertz CT molecular complexity index is 594. The standard InChI is InChI=1S/C20H29N3O3/c24-18(21-10-11-23-12-14-26-15-13-23)19(25)22-16-20(8-4-5-9-20)17-6-2-1-3-7-17/h1-3,6-7H,4-5,8-16H2,(H,21,24)(H,22,25). The summed E-state index contributed by atoms with van der Waals surface area (Å²) in [5.41, 5.74) is 1.22. The van der Waals surface area contributed by atoms with Crippen molar-refractivity contribution in [3.8, 4) is 0 Å². The molecule has 1 heterocycles. The van der Waals surface area contributed by atoms with Crippen molar-refractivity contribution in [2.24, 2.45) is 0 Å². The van der Waals surface area contributed by atoms with Gasteiger partial charge in [-0.2, -0.15) is 0 Å². The lowest BCUT2D eigenvalue weighted by Crippen LogP contribution is -2.47. The van der Waals surface area contributed by atoms with Crippen molar-refractivity contribution in [1.82, 2.24) is 15.5 Å². The van der Waals surface area contributed by atoms with Crippen LogP contribution in [0.3, 0.4) is 0 Å². The third-order valence-electron chi connectivity index (χ3n) is 5.56. The highest BCUT2D eigenvalue weighted by molar-refractivity contribution is 6.35. The van der Waals surface area contributed by atoms with Gasteiger partial charge < -0.3 is 15.4 Å². The van der Waals surface area contributed by atoms with Crippen molar-refractivity contribution in [2.75, 3.05) is 45.9 Å². The Morgan fingerprint density at radius 1 is 1.00 bits per heavy atom. The lowest BCUT2D eigenvalue weighted by molar-refractivity contribution is -0.139. The molecule has 2 amide bonds. The molecular weight excluding hydrogens is 330 g/mol. The summed E-state index contributed by atoms with van der Waals surface area (Å²) in [5, 5.41) is 5.59. The Balaban J connectivity index is 1.45. The van der Waals surface area contributed by atoms with Crippen molar-refractivity contribution in [2.45, 2.75) is 31.1 Å². The van der Waals surface area contributed by atoms with Crippen LogP contribution < -0.4 is 10.6 Å². The van der Waals surface area contributed by atoms with Crippen molar-refractivity contribution in [3.05, 3.63) is 35.9 Å². The molecule has 142 valence electrons. The first-order chi connectivity index (χ1) is 12.7. The zero-order valence-electron chi connectivity index (χ0n) is 15.3. The van der Waals surface area contributed by atoms with Crippen LogP contribution in [0.1, 0.15) is 31.2 Å². The second kappa shape index (κ2) is 9.14. The summed E-state index contributed by atoms with van der Waals surface area (Å²) in [6, 6.07) is 10.3. The number of carbonyl (C=O) groups is 2. The molecule has 0 aromatic heterocycles. The van der Waals surface area contributed by atoms with Crippen LogP contribution in [0.5, 0.6) is 0 Å². The van der Waals surface area contributed by atoms with Crippen LogP contribution in [0, 0.1) is 0 Å². The maximum atomic E-state index is 12.2. The molecule has 2 aliphatic rings. The molecule has 26 heavy (non-hydrogen) atoms. The second-order valence-corrected chi connectivity index (χ2v) is 7.25. The highest BCUT2D eigenvalue weighted by atomic mass is 16.5. The first kappa shape index (κ1) is 18.9. The smallest absolute Gasteiger partial charge is 0.309 e. The minimum absolute atomic E-state index is 0.0367. The number of hydrogen-bond donors (Lipinski definition) is 2. The van der Waals surface area contributed by atoms with E-state index in [4.69, 9.17) is 4.74 Å². The normalized spacial score (nSPS) is 19.8. The number of nitrogens with zero attached hydrogens (tertiary/aromatic N) is 1. The fraction of sp³-hybridized carbons (Fsp3) is 0.600. The second-order valence-electron chi connectivity index (χ2n) is 7.25. The molecule has 2 N–H and O–H groups in total. The van der Waals surface area contributed by atoms with Gasteiger partial charge in [0.05, 0.1) is 13.2 Å². The van der Waals surface area contributed by atoms with Crippen LogP contribution in [-0.2, 0) is 19.7 Å². The fourth-order valence-corrected chi connectivity index (χ4v) is 3.97. The zero-order valence-corrected chi connectivity index (χ0v) is 15.3. The molecule has 0 spiro atoms. The van der Waals surface area contributed by atoms with E-state index in [0.29, 0.717) is 13.1 Å². The molecule has 6 nitrogen and oxygen atoms in total. The van der Waals surface area contributed by atoms with Gasteiger partial charge in [-0.05, 0) is 18.4 Å². The predicted molar refractivity (Wildman–Crippen MR) is 99.9 cm³/mol. The molecule has 1 saturated heterocycles. The number of rotatable bonds is 6. The number of benzene rings is 1. The maximum absolute atomic E-state index is 12.2. The maximum Gasteiger partial charge on any atom is 0.309 e. The Hall–Kier alpha value is -1.92. The lowest BCUT2D eigenvalue weighted by Gasteiger charge is -2.30. The Morgan fingerprint density at radius 2 is 1.65 bits per heavy atom. The molecular formula is C20H29N3O3. The SMILES string of the molecule is O=C(NCCN1CCOCC1)C(=O)NCC1(c2ccccc2)CCCC1. The molecule has 6 heteroatoms. The molecule has 1 saturated carbocycles. The van der Waals surface area contributed by atoms with Crippen LogP contribution in [0.25, 0.3) is 0 Å². The van der Waals surface area contributed by atoms with Gasteiger partial charge in [-0.25, -0.2) is 0 Å².